The van der Waals surface area contributed by atoms with Crippen molar-refractivity contribution in [2.45, 2.75) is 37.1 Å². The third-order valence-corrected chi connectivity index (χ3v) is 5.06. The number of hydrogen-bond acceptors (Lipinski definition) is 6. The van der Waals surface area contributed by atoms with Gasteiger partial charge in [0.2, 0.25) is 5.54 Å². The molecule has 0 aromatic carbocycles. The standard InChI is InChI=1S/C18H15N3O4/c1-18(21(22)23)14(16-4-2-6-24-16)8-12(13(10-19)11-20)9-15(18)17-5-3-7-25-17/h2-7,14-15H,8-9H2,1H3. The lowest BCUT2D eigenvalue weighted by Gasteiger charge is -2.39. The van der Waals surface area contributed by atoms with Crippen LogP contribution in [0.5, 0.6) is 0 Å². The van der Waals surface area contributed by atoms with Crippen molar-refractivity contribution in [3.05, 3.63) is 69.6 Å². The molecule has 0 N–H and O–H groups in total. The molecular weight excluding hydrogens is 322 g/mol. The minimum Gasteiger partial charge on any atom is -0.469 e. The van der Waals surface area contributed by atoms with Gasteiger partial charge >= 0.3 is 0 Å². The van der Waals surface area contributed by atoms with Crippen LogP contribution in [0.1, 0.15) is 43.1 Å². The van der Waals surface area contributed by atoms with Crippen LogP contribution in [0.15, 0.2) is 56.8 Å². The van der Waals surface area contributed by atoms with E-state index in [9.17, 15) is 20.6 Å². The summed E-state index contributed by atoms with van der Waals surface area (Å²) in [5, 5.41) is 30.6. The van der Waals surface area contributed by atoms with E-state index in [0.717, 1.165) is 0 Å². The second-order valence-corrected chi connectivity index (χ2v) is 6.23. The van der Waals surface area contributed by atoms with E-state index in [1.807, 2.05) is 12.1 Å². The summed E-state index contributed by atoms with van der Waals surface area (Å²) in [6.45, 7) is 1.57. The molecule has 7 heteroatoms. The van der Waals surface area contributed by atoms with E-state index in [0.29, 0.717) is 17.1 Å². The van der Waals surface area contributed by atoms with Gasteiger partial charge in [-0.15, -0.1) is 0 Å². The molecule has 0 spiro atoms. The second kappa shape index (κ2) is 6.29. The maximum Gasteiger partial charge on any atom is 0.239 e. The third-order valence-electron chi connectivity index (χ3n) is 5.06. The van der Waals surface area contributed by atoms with Crippen LogP contribution in [0.3, 0.4) is 0 Å². The van der Waals surface area contributed by atoms with Crippen molar-refractivity contribution in [1.29, 1.82) is 10.5 Å². The molecule has 1 aliphatic rings. The van der Waals surface area contributed by atoms with Crippen molar-refractivity contribution in [2.75, 3.05) is 0 Å². The van der Waals surface area contributed by atoms with Crippen LogP contribution < -0.4 is 0 Å². The van der Waals surface area contributed by atoms with E-state index in [1.54, 1.807) is 31.2 Å². The van der Waals surface area contributed by atoms with Gasteiger partial charge in [0.25, 0.3) is 0 Å². The number of furan rings is 2. The van der Waals surface area contributed by atoms with Gasteiger partial charge in [-0.1, -0.05) is 0 Å². The first-order valence-corrected chi connectivity index (χ1v) is 7.75. The zero-order valence-electron chi connectivity index (χ0n) is 13.5. The zero-order chi connectivity index (χ0) is 18.0. The Morgan fingerprint density at radius 2 is 1.64 bits per heavy atom. The van der Waals surface area contributed by atoms with Crippen molar-refractivity contribution >= 4 is 0 Å². The number of hydrogen-bond donors (Lipinski definition) is 0. The molecule has 0 amide bonds. The Kier molecular flexibility index (Phi) is 4.16. The molecule has 1 fully saturated rings. The van der Waals surface area contributed by atoms with Gasteiger partial charge < -0.3 is 8.83 Å². The molecule has 2 atom stereocenters. The van der Waals surface area contributed by atoms with E-state index >= 15 is 0 Å². The first-order chi connectivity index (χ1) is 12.0. The molecule has 3 rings (SSSR count). The Hall–Kier alpha value is -3.32. The Morgan fingerprint density at radius 1 is 1.16 bits per heavy atom. The summed E-state index contributed by atoms with van der Waals surface area (Å²) < 4.78 is 10.9. The lowest BCUT2D eigenvalue weighted by atomic mass is 9.63. The van der Waals surface area contributed by atoms with E-state index in [2.05, 4.69) is 0 Å². The number of nitro groups is 1. The predicted octanol–water partition coefficient (Wildman–Crippen LogP) is 3.91. The molecule has 7 nitrogen and oxygen atoms in total. The van der Waals surface area contributed by atoms with E-state index in [-0.39, 0.29) is 23.3 Å². The monoisotopic (exact) mass is 337 g/mol. The molecule has 1 saturated carbocycles. The maximum atomic E-state index is 12.1. The highest BCUT2D eigenvalue weighted by Crippen LogP contribution is 2.53. The topological polar surface area (TPSA) is 117 Å². The number of allylic oxidation sites excluding steroid dienone is 2. The van der Waals surface area contributed by atoms with Crippen molar-refractivity contribution in [1.82, 2.24) is 0 Å². The molecule has 0 saturated heterocycles. The van der Waals surface area contributed by atoms with Crippen molar-refractivity contribution in [2.24, 2.45) is 0 Å². The third kappa shape index (κ3) is 2.60. The highest BCUT2D eigenvalue weighted by Gasteiger charge is 2.58. The summed E-state index contributed by atoms with van der Waals surface area (Å²) in [6.07, 6.45) is 3.37. The molecule has 0 aliphatic heterocycles. The van der Waals surface area contributed by atoms with E-state index < -0.39 is 17.4 Å². The summed E-state index contributed by atoms with van der Waals surface area (Å²) in [7, 11) is 0. The molecule has 1 aliphatic carbocycles. The zero-order valence-corrected chi connectivity index (χ0v) is 13.5. The second-order valence-electron chi connectivity index (χ2n) is 6.23. The summed E-state index contributed by atoms with van der Waals surface area (Å²) in [5.41, 5.74) is -0.805. The van der Waals surface area contributed by atoms with Crippen molar-refractivity contribution in [3.63, 3.8) is 0 Å². The molecule has 2 aromatic heterocycles. The SMILES string of the molecule is CC1([N+](=O)[O-])C(c2ccco2)CC(=C(C#N)C#N)CC1c1ccco1. The summed E-state index contributed by atoms with van der Waals surface area (Å²) in [4.78, 5) is 11.8. The van der Waals surface area contributed by atoms with E-state index in [4.69, 9.17) is 8.83 Å². The summed E-state index contributed by atoms with van der Waals surface area (Å²) in [6, 6.07) is 10.5. The minimum atomic E-state index is -1.39. The Balaban J connectivity index is 2.21. The first kappa shape index (κ1) is 16.5. The largest absolute Gasteiger partial charge is 0.469 e. The predicted molar refractivity (Wildman–Crippen MR) is 85.8 cm³/mol. The van der Waals surface area contributed by atoms with Gasteiger partial charge in [-0.25, -0.2) is 0 Å². The molecule has 126 valence electrons. The van der Waals surface area contributed by atoms with Crippen molar-refractivity contribution < 1.29 is 13.8 Å². The number of nitriles is 2. The van der Waals surface area contributed by atoms with Crippen LogP contribution >= 0.6 is 0 Å². The smallest absolute Gasteiger partial charge is 0.239 e. The highest BCUT2D eigenvalue weighted by molar-refractivity contribution is 5.44. The lowest BCUT2D eigenvalue weighted by molar-refractivity contribution is -0.578. The quantitative estimate of drug-likeness (QED) is 0.476. The highest BCUT2D eigenvalue weighted by atomic mass is 16.6. The molecule has 0 bridgehead atoms. The molecule has 2 unspecified atom stereocenters. The van der Waals surface area contributed by atoms with Gasteiger partial charge in [-0.05, 0) is 42.7 Å². The van der Waals surface area contributed by atoms with Gasteiger partial charge in [-0.2, -0.15) is 10.5 Å². The lowest BCUT2D eigenvalue weighted by Crippen LogP contribution is -2.49. The number of nitrogens with zero attached hydrogens (tertiary/aromatic N) is 3. The summed E-state index contributed by atoms with van der Waals surface area (Å²) in [5.74, 6) is -0.313. The van der Waals surface area contributed by atoms with Gasteiger partial charge in [-0.3, -0.25) is 10.1 Å². The van der Waals surface area contributed by atoms with Crippen LogP contribution in [0.2, 0.25) is 0 Å². The van der Waals surface area contributed by atoms with Gasteiger partial charge in [0.1, 0.15) is 29.2 Å². The fourth-order valence-electron chi connectivity index (χ4n) is 3.63. The van der Waals surface area contributed by atoms with Crippen LogP contribution in [0.4, 0.5) is 0 Å². The Morgan fingerprint density at radius 3 is 1.96 bits per heavy atom. The fraction of sp³-hybridized carbons (Fsp3) is 0.333. The van der Waals surface area contributed by atoms with Crippen LogP contribution in [-0.2, 0) is 0 Å². The molecule has 2 aromatic rings. The van der Waals surface area contributed by atoms with Gasteiger partial charge in [0, 0.05) is 11.8 Å². The van der Waals surface area contributed by atoms with Crippen molar-refractivity contribution in [3.8, 4) is 12.1 Å². The van der Waals surface area contributed by atoms with Crippen LogP contribution in [0, 0.1) is 32.8 Å². The Bertz CT molecular complexity index is 820. The average Bonchev–Trinajstić information content (AvgIpc) is 3.30. The average molecular weight is 337 g/mol. The molecule has 0 radical (unpaired) electrons. The first-order valence-electron chi connectivity index (χ1n) is 7.75. The maximum absolute atomic E-state index is 12.1. The van der Waals surface area contributed by atoms with Gasteiger partial charge in [0.15, 0.2) is 0 Å². The fourth-order valence-corrected chi connectivity index (χ4v) is 3.63. The molecular formula is C18H15N3O4. The normalized spacial score (nSPS) is 25.8. The molecule has 2 heterocycles. The van der Waals surface area contributed by atoms with Gasteiger partial charge in [0.05, 0.1) is 24.4 Å². The minimum absolute atomic E-state index is 0.00138. The summed E-state index contributed by atoms with van der Waals surface area (Å²) >= 11 is 0. The van der Waals surface area contributed by atoms with Crippen LogP contribution in [-0.4, -0.2) is 10.5 Å². The molecule has 25 heavy (non-hydrogen) atoms. The number of rotatable bonds is 3. The Labute approximate surface area is 143 Å². The van der Waals surface area contributed by atoms with Crippen LogP contribution in [0.25, 0.3) is 0 Å². The van der Waals surface area contributed by atoms with E-state index in [1.165, 1.54) is 12.5 Å².